The van der Waals surface area contributed by atoms with E-state index in [-0.39, 0.29) is 11.6 Å². The number of piperidine rings is 1. The number of hydrogen-bond acceptors (Lipinski definition) is 4. The van der Waals surface area contributed by atoms with Gasteiger partial charge in [-0.1, -0.05) is 6.07 Å². The van der Waals surface area contributed by atoms with E-state index in [1.54, 1.807) is 17.9 Å². The van der Waals surface area contributed by atoms with E-state index >= 15 is 0 Å². The number of aliphatic carboxylic acids is 1. The van der Waals surface area contributed by atoms with Crippen LogP contribution in [-0.4, -0.2) is 39.9 Å². The van der Waals surface area contributed by atoms with Crippen LogP contribution in [0.5, 0.6) is 0 Å². The van der Waals surface area contributed by atoms with Crippen molar-refractivity contribution in [3.63, 3.8) is 0 Å². The molecule has 21 heavy (non-hydrogen) atoms. The lowest BCUT2D eigenvalue weighted by atomic mass is 9.96. The highest BCUT2D eigenvalue weighted by molar-refractivity contribution is 5.96. The maximum absolute atomic E-state index is 12.4. The molecule has 1 aromatic carbocycles. The highest BCUT2D eigenvalue weighted by Gasteiger charge is 2.29. The monoisotopic (exact) mass is 292 g/mol. The van der Waals surface area contributed by atoms with Crippen LogP contribution in [0.1, 0.15) is 28.8 Å². The standard InChI is InChI=1S/C14H16N2O5/c1-9-11(3-2-4-12(9)16(20)21)13(17)15-7-5-10(6-8-15)14(18)19/h2-4,10H,5-8H2,1H3,(H,18,19). The fourth-order valence-corrected chi connectivity index (χ4v) is 2.55. The van der Waals surface area contributed by atoms with Crippen LogP contribution in [0, 0.1) is 23.0 Å². The van der Waals surface area contributed by atoms with Crippen LogP contribution >= 0.6 is 0 Å². The summed E-state index contributed by atoms with van der Waals surface area (Å²) in [6, 6.07) is 4.42. The topological polar surface area (TPSA) is 101 Å². The Morgan fingerprint density at radius 2 is 1.95 bits per heavy atom. The van der Waals surface area contributed by atoms with E-state index in [1.807, 2.05) is 0 Å². The number of carbonyl (C=O) groups is 2. The summed E-state index contributed by atoms with van der Waals surface area (Å²) in [4.78, 5) is 35.3. The SMILES string of the molecule is Cc1c(C(=O)N2CCC(C(=O)O)CC2)cccc1[N+](=O)[O-]. The zero-order chi connectivity index (χ0) is 15.6. The lowest BCUT2D eigenvalue weighted by molar-refractivity contribution is -0.385. The second-order valence-electron chi connectivity index (χ2n) is 5.11. The molecule has 1 fully saturated rings. The molecule has 1 amide bonds. The van der Waals surface area contributed by atoms with Gasteiger partial charge in [0.15, 0.2) is 0 Å². The smallest absolute Gasteiger partial charge is 0.306 e. The zero-order valence-electron chi connectivity index (χ0n) is 11.6. The van der Waals surface area contributed by atoms with Crippen molar-refractivity contribution in [2.75, 3.05) is 13.1 Å². The predicted molar refractivity (Wildman–Crippen MR) is 74.1 cm³/mol. The number of nitro groups is 1. The third-order valence-corrected chi connectivity index (χ3v) is 3.86. The van der Waals surface area contributed by atoms with Gasteiger partial charge in [0.2, 0.25) is 0 Å². The Bertz CT molecular complexity index is 591. The molecule has 2 rings (SSSR count). The molecule has 112 valence electrons. The van der Waals surface area contributed by atoms with E-state index < -0.39 is 16.8 Å². The summed E-state index contributed by atoms with van der Waals surface area (Å²) in [5.41, 5.74) is 0.562. The van der Waals surface area contributed by atoms with Crippen LogP contribution in [0.4, 0.5) is 5.69 Å². The Labute approximate surface area is 121 Å². The van der Waals surface area contributed by atoms with E-state index in [1.165, 1.54) is 12.1 Å². The number of likely N-dealkylation sites (tertiary alicyclic amines) is 1. The second-order valence-corrected chi connectivity index (χ2v) is 5.11. The zero-order valence-corrected chi connectivity index (χ0v) is 11.6. The third-order valence-electron chi connectivity index (χ3n) is 3.86. The summed E-state index contributed by atoms with van der Waals surface area (Å²) in [6.07, 6.45) is 0.824. The molecule has 7 nitrogen and oxygen atoms in total. The molecule has 7 heteroatoms. The summed E-state index contributed by atoms with van der Waals surface area (Å²) >= 11 is 0. The number of rotatable bonds is 3. The minimum Gasteiger partial charge on any atom is -0.481 e. The second kappa shape index (κ2) is 5.90. The number of nitro benzene ring substituents is 1. The Morgan fingerprint density at radius 3 is 2.48 bits per heavy atom. The van der Waals surface area contributed by atoms with Crippen LogP contribution in [0.3, 0.4) is 0 Å². The molecule has 1 saturated heterocycles. The summed E-state index contributed by atoms with van der Waals surface area (Å²) in [7, 11) is 0. The maximum atomic E-state index is 12.4. The average Bonchev–Trinajstić information content (AvgIpc) is 2.46. The molecular formula is C14H16N2O5. The summed E-state index contributed by atoms with van der Waals surface area (Å²) in [5.74, 6) is -1.53. The summed E-state index contributed by atoms with van der Waals surface area (Å²) in [5, 5.41) is 19.8. The number of benzene rings is 1. The van der Waals surface area contributed by atoms with Gasteiger partial charge in [0.05, 0.1) is 10.8 Å². The van der Waals surface area contributed by atoms with Gasteiger partial charge in [-0.15, -0.1) is 0 Å². The molecule has 0 radical (unpaired) electrons. The molecule has 1 aliphatic rings. The molecule has 0 saturated carbocycles. The van der Waals surface area contributed by atoms with Crippen molar-refractivity contribution in [3.05, 3.63) is 39.4 Å². The van der Waals surface area contributed by atoms with Gasteiger partial charge in [-0.3, -0.25) is 19.7 Å². The molecule has 0 aliphatic carbocycles. The van der Waals surface area contributed by atoms with Crippen molar-refractivity contribution in [2.45, 2.75) is 19.8 Å². The first kappa shape index (κ1) is 15.0. The van der Waals surface area contributed by atoms with Crippen molar-refractivity contribution < 1.29 is 19.6 Å². The first-order valence-electron chi connectivity index (χ1n) is 6.68. The number of carboxylic acid groups (broad SMARTS) is 1. The van der Waals surface area contributed by atoms with Gasteiger partial charge in [0.25, 0.3) is 11.6 Å². The predicted octanol–water partition coefficient (Wildman–Crippen LogP) is 1.84. The maximum Gasteiger partial charge on any atom is 0.306 e. The number of nitrogens with zero attached hydrogens (tertiary/aromatic N) is 2. The van der Waals surface area contributed by atoms with Gasteiger partial charge in [-0.05, 0) is 25.8 Å². The normalized spacial score (nSPS) is 15.8. The quantitative estimate of drug-likeness (QED) is 0.676. The van der Waals surface area contributed by atoms with Gasteiger partial charge in [0.1, 0.15) is 0 Å². The molecule has 0 unspecified atom stereocenters. The highest BCUT2D eigenvalue weighted by atomic mass is 16.6. The largest absolute Gasteiger partial charge is 0.481 e. The minimum absolute atomic E-state index is 0.0822. The number of carboxylic acids is 1. The highest BCUT2D eigenvalue weighted by Crippen LogP contribution is 2.24. The minimum atomic E-state index is -0.839. The first-order chi connectivity index (χ1) is 9.91. The molecule has 0 aromatic heterocycles. The Kier molecular flexibility index (Phi) is 4.21. The molecule has 0 atom stereocenters. The fraction of sp³-hybridized carbons (Fsp3) is 0.429. The van der Waals surface area contributed by atoms with Gasteiger partial charge in [0, 0.05) is 30.3 Å². The van der Waals surface area contributed by atoms with Crippen LogP contribution < -0.4 is 0 Å². The van der Waals surface area contributed by atoms with E-state index in [9.17, 15) is 19.7 Å². The molecule has 1 aromatic rings. The summed E-state index contributed by atoms with van der Waals surface area (Å²) in [6.45, 7) is 2.27. The van der Waals surface area contributed by atoms with Gasteiger partial charge < -0.3 is 10.0 Å². The van der Waals surface area contributed by atoms with Crippen LogP contribution in [0.25, 0.3) is 0 Å². The van der Waals surface area contributed by atoms with E-state index in [0.29, 0.717) is 37.1 Å². The van der Waals surface area contributed by atoms with Crippen molar-refractivity contribution in [1.29, 1.82) is 0 Å². The lowest BCUT2D eigenvalue weighted by Gasteiger charge is -2.30. The first-order valence-corrected chi connectivity index (χ1v) is 6.68. The molecule has 1 heterocycles. The van der Waals surface area contributed by atoms with E-state index in [2.05, 4.69) is 0 Å². The van der Waals surface area contributed by atoms with E-state index in [4.69, 9.17) is 5.11 Å². The molecular weight excluding hydrogens is 276 g/mol. The van der Waals surface area contributed by atoms with Crippen LogP contribution in [0.2, 0.25) is 0 Å². The molecule has 1 N–H and O–H groups in total. The van der Waals surface area contributed by atoms with Crippen LogP contribution in [-0.2, 0) is 4.79 Å². The number of carbonyl (C=O) groups excluding carboxylic acids is 1. The van der Waals surface area contributed by atoms with Crippen LogP contribution in [0.15, 0.2) is 18.2 Å². The average molecular weight is 292 g/mol. The lowest BCUT2D eigenvalue weighted by Crippen LogP contribution is -2.40. The number of amides is 1. The van der Waals surface area contributed by atoms with Crippen molar-refractivity contribution in [1.82, 2.24) is 4.90 Å². The Balaban J connectivity index is 2.17. The Hall–Kier alpha value is -2.44. The fourth-order valence-electron chi connectivity index (χ4n) is 2.55. The molecule has 0 bridgehead atoms. The van der Waals surface area contributed by atoms with Gasteiger partial charge in [-0.2, -0.15) is 0 Å². The third kappa shape index (κ3) is 3.01. The van der Waals surface area contributed by atoms with Crippen molar-refractivity contribution in [3.8, 4) is 0 Å². The van der Waals surface area contributed by atoms with Gasteiger partial charge in [-0.25, -0.2) is 0 Å². The van der Waals surface area contributed by atoms with Crippen molar-refractivity contribution >= 4 is 17.6 Å². The van der Waals surface area contributed by atoms with Gasteiger partial charge >= 0.3 is 5.97 Å². The molecule has 1 aliphatic heterocycles. The van der Waals surface area contributed by atoms with E-state index in [0.717, 1.165) is 0 Å². The molecule has 0 spiro atoms. The summed E-state index contributed by atoms with van der Waals surface area (Å²) < 4.78 is 0. The van der Waals surface area contributed by atoms with Crippen molar-refractivity contribution in [2.24, 2.45) is 5.92 Å². The number of hydrogen-bond donors (Lipinski definition) is 1. The Morgan fingerprint density at radius 1 is 1.33 bits per heavy atom.